The Morgan fingerprint density at radius 3 is 1.95 bits per heavy atom. The molecule has 0 bridgehead atoms. The zero-order chi connectivity index (χ0) is 15.4. The highest BCUT2D eigenvalue weighted by atomic mass is 14.8. The highest BCUT2D eigenvalue weighted by Gasteiger charge is 2.07. The minimum atomic E-state index is 0.943. The summed E-state index contributed by atoms with van der Waals surface area (Å²) in [4.78, 5) is 8.81. The van der Waals surface area contributed by atoms with E-state index in [4.69, 9.17) is 0 Å². The molecule has 0 saturated heterocycles. The Morgan fingerprint density at radius 2 is 1.40 bits per heavy atom. The van der Waals surface area contributed by atoms with Crippen LogP contribution in [0.2, 0.25) is 0 Å². The van der Waals surface area contributed by atoms with Crippen LogP contribution in [0.15, 0.2) is 42.7 Å². The fourth-order valence-corrected chi connectivity index (χ4v) is 1.66. The van der Waals surface area contributed by atoms with E-state index < -0.39 is 0 Å². The maximum Gasteiger partial charge on any atom is 0.0960 e. The summed E-state index contributed by atoms with van der Waals surface area (Å²) in [5.41, 5.74) is 4.15. The number of pyridine rings is 2. The maximum atomic E-state index is 4.41. The lowest BCUT2D eigenvalue weighted by Crippen LogP contribution is -1.93. The molecule has 0 aliphatic heterocycles. The van der Waals surface area contributed by atoms with Gasteiger partial charge in [-0.15, -0.1) is 0 Å². The highest BCUT2D eigenvalue weighted by molar-refractivity contribution is 5.70. The quantitative estimate of drug-likeness (QED) is 0.716. The van der Waals surface area contributed by atoms with Gasteiger partial charge in [-0.05, 0) is 31.5 Å². The number of aryl methyl sites for hydroxylation is 1. The minimum Gasteiger partial charge on any atom is -0.254 e. The first-order valence-corrected chi connectivity index (χ1v) is 7.32. The molecule has 2 nitrogen and oxygen atoms in total. The Labute approximate surface area is 123 Å². The Morgan fingerprint density at radius 1 is 0.850 bits per heavy atom. The van der Waals surface area contributed by atoms with E-state index in [0.717, 1.165) is 22.5 Å². The van der Waals surface area contributed by atoms with Crippen molar-refractivity contribution in [2.75, 3.05) is 0 Å². The van der Waals surface area contributed by atoms with Gasteiger partial charge in [-0.3, -0.25) is 9.97 Å². The van der Waals surface area contributed by atoms with E-state index in [2.05, 4.69) is 35.1 Å². The molecule has 2 aromatic rings. The fourth-order valence-electron chi connectivity index (χ4n) is 1.66. The second-order valence-electron chi connectivity index (χ2n) is 3.61. The van der Waals surface area contributed by atoms with Crippen molar-refractivity contribution in [1.29, 1.82) is 0 Å². The molecule has 0 atom stereocenters. The summed E-state index contributed by atoms with van der Waals surface area (Å²) in [6, 6.07) is 7.99. The van der Waals surface area contributed by atoms with Crippen LogP contribution < -0.4 is 0 Å². The third-order valence-electron chi connectivity index (χ3n) is 2.42. The van der Waals surface area contributed by atoms with Crippen LogP contribution in [-0.2, 0) is 0 Å². The molecular formula is C18H26N2. The van der Waals surface area contributed by atoms with Gasteiger partial charge in [0, 0.05) is 18.0 Å². The Bertz CT molecular complexity index is 516. The second kappa shape index (κ2) is 10.9. The standard InChI is InChI=1S/C14H14N2.2C2H6/c1-3-6-12-8-5-10-16-14(12)13-11(2)7-4-9-15-13;2*1-2/h3-10H,1-2H3;2*1-2H3/b6-3-;;. The number of hydrogen-bond donors (Lipinski definition) is 0. The molecule has 2 heterocycles. The van der Waals surface area contributed by atoms with Crippen LogP contribution >= 0.6 is 0 Å². The van der Waals surface area contributed by atoms with Crippen molar-refractivity contribution in [2.24, 2.45) is 0 Å². The van der Waals surface area contributed by atoms with Crippen molar-refractivity contribution in [3.63, 3.8) is 0 Å². The average molecular weight is 270 g/mol. The molecule has 108 valence electrons. The third-order valence-corrected chi connectivity index (χ3v) is 2.42. The molecular weight excluding hydrogens is 244 g/mol. The van der Waals surface area contributed by atoms with Gasteiger partial charge in [-0.1, -0.05) is 52.0 Å². The normalized spacial score (nSPS) is 9.30. The molecule has 0 unspecified atom stereocenters. The first-order chi connectivity index (χ1) is 9.83. The van der Waals surface area contributed by atoms with Crippen LogP contribution in [0.1, 0.15) is 45.7 Å². The molecule has 0 aliphatic rings. The lowest BCUT2D eigenvalue weighted by atomic mass is 10.1. The predicted molar refractivity (Wildman–Crippen MR) is 89.6 cm³/mol. The third kappa shape index (κ3) is 4.96. The topological polar surface area (TPSA) is 25.8 Å². The van der Waals surface area contributed by atoms with E-state index in [1.165, 1.54) is 0 Å². The number of allylic oxidation sites excluding steroid dienone is 1. The molecule has 0 saturated carbocycles. The molecule has 0 aromatic carbocycles. The number of aromatic nitrogens is 2. The first-order valence-electron chi connectivity index (χ1n) is 7.32. The smallest absolute Gasteiger partial charge is 0.0960 e. The molecule has 2 aromatic heterocycles. The summed E-state index contributed by atoms with van der Waals surface area (Å²) in [6.07, 6.45) is 7.67. The molecule has 20 heavy (non-hydrogen) atoms. The van der Waals surface area contributed by atoms with E-state index in [1.807, 2.05) is 52.8 Å². The second-order valence-corrected chi connectivity index (χ2v) is 3.61. The van der Waals surface area contributed by atoms with Crippen molar-refractivity contribution < 1.29 is 0 Å². The van der Waals surface area contributed by atoms with E-state index >= 15 is 0 Å². The van der Waals surface area contributed by atoms with Crippen molar-refractivity contribution in [1.82, 2.24) is 9.97 Å². The van der Waals surface area contributed by atoms with Crippen LogP contribution in [0.4, 0.5) is 0 Å². The molecule has 0 radical (unpaired) electrons. The largest absolute Gasteiger partial charge is 0.254 e. The number of nitrogens with zero attached hydrogens (tertiary/aromatic N) is 2. The first kappa shape index (κ1) is 18.0. The summed E-state index contributed by atoms with van der Waals surface area (Å²) in [7, 11) is 0. The molecule has 0 spiro atoms. The molecule has 2 heteroatoms. The minimum absolute atomic E-state index is 0.943. The maximum absolute atomic E-state index is 4.41. The van der Waals surface area contributed by atoms with Gasteiger partial charge in [0.15, 0.2) is 0 Å². The molecule has 0 amide bonds. The molecule has 0 fully saturated rings. The number of hydrogen-bond acceptors (Lipinski definition) is 2. The highest BCUT2D eigenvalue weighted by Crippen LogP contribution is 2.22. The Hall–Kier alpha value is -1.96. The zero-order valence-electron chi connectivity index (χ0n) is 13.5. The molecule has 2 rings (SSSR count). The van der Waals surface area contributed by atoms with Crippen LogP contribution in [-0.4, -0.2) is 9.97 Å². The van der Waals surface area contributed by atoms with E-state index in [1.54, 1.807) is 12.4 Å². The van der Waals surface area contributed by atoms with Gasteiger partial charge in [-0.2, -0.15) is 0 Å². The van der Waals surface area contributed by atoms with Gasteiger partial charge >= 0.3 is 0 Å². The summed E-state index contributed by atoms with van der Waals surface area (Å²) >= 11 is 0. The predicted octanol–water partition coefficient (Wildman–Crippen LogP) is 5.54. The van der Waals surface area contributed by atoms with Gasteiger partial charge in [-0.25, -0.2) is 0 Å². The van der Waals surface area contributed by atoms with Crippen LogP contribution in [0, 0.1) is 6.92 Å². The van der Waals surface area contributed by atoms with Gasteiger partial charge in [0.25, 0.3) is 0 Å². The molecule has 0 aliphatic carbocycles. The fraction of sp³-hybridized carbons (Fsp3) is 0.333. The van der Waals surface area contributed by atoms with E-state index in [0.29, 0.717) is 0 Å². The summed E-state index contributed by atoms with van der Waals surface area (Å²) in [5, 5.41) is 0. The van der Waals surface area contributed by atoms with Crippen molar-refractivity contribution >= 4 is 6.08 Å². The van der Waals surface area contributed by atoms with Crippen molar-refractivity contribution in [2.45, 2.75) is 41.5 Å². The summed E-state index contributed by atoms with van der Waals surface area (Å²) in [6.45, 7) is 12.1. The lowest BCUT2D eigenvalue weighted by Gasteiger charge is -2.06. The lowest BCUT2D eigenvalue weighted by molar-refractivity contribution is 1.21. The van der Waals surface area contributed by atoms with E-state index in [-0.39, 0.29) is 0 Å². The average Bonchev–Trinajstić information content (AvgIpc) is 2.53. The van der Waals surface area contributed by atoms with Crippen LogP contribution in [0.5, 0.6) is 0 Å². The van der Waals surface area contributed by atoms with Gasteiger partial charge < -0.3 is 0 Å². The Kier molecular flexibility index (Phi) is 9.85. The van der Waals surface area contributed by atoms with Gasteiger partial charge in [0.05, 0.1) is 11.4 Å². The van der Waals surface area contributed by atoms with Gasteiger partial charge in [0.1, 0.15) is 0 Å². The SMILES string of the molecule is C/C=C\c1cccnc1-c1ncccc1C.CC.CC. The molecule has 0 N–H and O–H groups in total. The number of rotatable bonds is 2. The zero-order valence-corrected chi connectivity index (χ0v) is 13.5. The summed E-state index contributed by atoms with van der Waals surface area (Å²) < 4.78 is 0. The Balaban J connectivity index is 0.000000829. The van der Waals surface area contributed by atoms with Crippen molar-refractivity contribution in [3.05, 3.63) is 53.9 Å². The van der Waals surface area contributed by atoms with Gasteiger partial charge in [0.2, 0.25) is 0 Å². The monoisotopic (exact) mass is 270 g/mol. The van der Waals surface area contributed by atoms with Crippen molar-refractivity contribution in [3.8, 4) is 11.4 Å². The summed E-state index contributed by atoms with van der Waals surface area (Å²) in [5.74, 6) is 0. The van der Waals surface area contributed by atoms with Crippen LogP contribution in [0.25, 0.3) is 17.5 Å². The van der Waals surface area contributed by atoms with E-state index in [9.17, 15) is 0 Å². The van der Waals surface area contributed by atoms with Crippen LogP contribution in [0.3, 0.4) is 0 Å².